The van der Waals surface area contributed by atoms with E-state index in [1.54, 1.807) is 0 Å². The highest BCUT2D eigenvalue weighted by atomic mass is 32.2. The summed E-state index contributed by atoms with van der Waals surface area (Å²) in [4.78, 5) is 14.1. The first-order valence-corrected chi connectivity index (χ1v) is 10.3. The molecule has 1 aliphatic heterocycles. The molecule has 1 amide bonds. The van der Waals surface area contributed by atoms with Crippen molar-refractivity contribution in [2.75, 3.05) is 6.54 Å². The number of rotatable bonds is 6. The Morgan fingerprint density at radius 3 is 1.56 bits per heavy atom. The molecule has 4 rings (SSSR count). The van der Waals surface area contributed by atoms with Crippen LogP contribution in [0.4, 0.5) is 0 Å². The van der Waals surface area contributed by atoms with Crippen LogP contribution in [0.15, 0.2) is 91.0 Å². The lowest BCUT2D eigenvalue weighted by Crippen LogP contribution is -2.52. The van der Waals surface area contributed by atoms with Crippen LogP contribution in [0.2, 0.25) is 0 Å². The molecule has 2 nitrogen and oxygen atoms in total. The van der Waals surface area contributed by atoms with Crippen LogP contribution in [0, 0.1) is 0 Å². The van der Waals surface area contributed by atoms with Crippen molar-refractivity contribution in [3.05, 3.63) is 108 Å². The van der Waals surface area contributed by atoms with Gasteiger partial charge in [-0.15, -0.1) is 11.8 Å². The number of nitrogens with zero attached hydrogens (tertiary/aromatic N) is 1. The first kappa shape index (κ1) is 17.9. The summed E-state index contributed by atoms with van der Waals surface area (Å²) in [6.45, 7) is 2.81. The SMILES string of the molecule is CCN1C(=O)CC1SC(c1ccccc1)(c1ccccc1)c1ccccc1. The fourth-order valence-corrected chi connectivity index (χ4v) is 5.68. The number of likely N-dealkylation sites (tertiary alicyclic amines) is 1. The maximum atomic E-state index is 12.1. The molecular weight excluding hydrogens is 350 g/mol. The summed E-state index contributed by atoms with van der Waals surface area (Å²) in [6.07, 6.45) is 0.604. The summed E-state index contributed by atoms with van der Waals surface area (Å²) in [7, 11) is 0. The molecule has 1 fully saturated rings. The first-order chi connectivity index (χ1) is 13.3. The molecule has 3 aromatic rings. The molecule has 0 N–H and O–H groups in total. The van der Waals surface area contributed by atoms with Crippen molar-refractivity contribution in [2.45, 2.75) is 23.5 Å². The molecule has 1 saturated heterocycles. The Morgan fingerprint density at radius 2 is 1.22 bits per heavy atom. The van der Waals surface area contributed by atoms with Gasteiger partial charge in [0.2, 0.25) is 5.91 Å². The van der Waals surface area contributed by atoms with Crippen molar-refractivity contribution in [1.29, 1.82) is 0 Å². The smallest absolute Gasteiger partial charge is 0.226 e. The molecule has 3 heteroatoms. The average molecular weight is 374 g/mol. The summed E-state index contributed by atoms with van der Waals surface area (Å²) in [5.74, 6) is 0.248. The number of carbonyl (C=O) groups excluding carboxylic acids is 1. The predicted octanol–water partition coefficient (Wildman–Crippen LogP) is 5.29. The molecule has 0 aliphatic carbocycles. The van der Waals surface area contributed by atoms with Gasteiger partial charge in [-0.3, -0.25) is 4.79 Å². The predicted molar refractivity (Wildman–Crippen MR) is 113 cm³/mol. The number of hydrogen-bond acceptors (Lipinski definition) is 2. The van der Waals surface area contributed by atoms with E-state index < -0.39 is 0 Å². The number of carbonyl (C=O) groups is 1. The summed E-state index contributed by atoms with van der Waals surface area (Å²) in [5, 5.41) is 0.183. The van der Waals surface area contributed by atoms with Crippen LogP contribution in [-0.2, 0) is 9.54 Å². The lowest BCUT2D eigenvalue weighted by atomic mass is 9.84. The standard InChI is InChI=1S/C24H23NOS/c1-2-25-22(26)18-23(25)27-24(19-12-6-3-7-13-19,20-14-8-4-9-15-20)21-16-10-5-11-17-21/h3-17,23H,2,18H2,1H3. The first-order valence-electron chi connectivity index (χ1n) is 9.39. The van der Waals surface area contributed by atoms with Gasteiger partial charge in [-0.25, -0.2) is 0 Å². The monoisotopic (exact) mass is 373 g/mol. The molecule has 3 aromatic carbocycles. The molecule has 27 heavy (non-hydrogen) atoms. The fraction of sp³-hybridized carbons (Fsp3) is 0.208. The molecule has 1 aliphatic rings. The third kappa shape index (κ3) is 3.17. The van der Waals surface area contributed by atoms with Crippen LogP contribution >= 0.6 is 11.8 Å². The summed E-state index contributed by atoms with van der Waals surface area (Å²) >= 11 is 1.88. The number of thioether (sulfide) groups is 1. The van der Waals surface area contributed by atoms with E-state index in [4.69, 9.17) is 0 Å². The largest absolute Gasteiger partial charge is 0.330 e. The van der Waals surface area contributed by atoms with Gasteiger partial charge >= 0.3 is 0 Å². The molecule has 1 unspecified atom stereocenters. The Labute approximate surface area is 165 Å². The summed E-state index contributed by atoms with van der Waals surface area (Å²) < 4.78 is -0.359. The van der Waals surface area contributed by atoms with Crippen molar-refractivity contribution in [2.24, 2.45) is 0 Å². The molecule has 0 radical (unpaired) electrons. The molecule has 0 spiro atoms. The Bertz CT molecular complexity index is 799. The highest BCUT2D eigenvalue weighted by molar-refractivity contribution is 8.01. The molecular formula is C24H23NOS. The minimum absolute atomic E-state index is 0.183. The van der Waals surface area contributed by atoms with Crippen molar-refractivity contribution < 1.29 is 4.79 Å². The van der Waals surface area contributed by atoms with E-state index in [1.165, 1.54) is 16.7 Å². The van der Waals surface area contributed by atoms with Crippen LogP contribution in [0.25, 0.3) is 0 Å². The van der Waals surface area contributed by atoms with Crippen molar-refractivity contribution in [3.8, 4) is 0 Å². The Hall–Kier alpha value is -2.52. The lowest BCUT2D eigenvalue weighted by molar-refractivity contribution is -0.141. The highest BCUT2D eigenvalue weighted by Gasteiger charge is 2.45. The van der Waals surface area contributed by atoms with Crippen LogP contribution in [-0.4, -0.2) is 22.7 Å². The van der Waals surface area contributed by atoms with Crippen LogP contribution in [0.3, 0.4) is 0 Å². The molecule has 0 aromatic heterocycles. The van der Waals surface area contributed by atoms with E-state index in [1.807, 2.05) is 16.7 Å². The summed E-state index contributed by atoms with van der Waals surface area (Å²) in [6, 6.07) is 31.9. The lowest BCUT2D eigenvalue weighted by Gasteiger charge is -2.46. The second kappa shape index (κ2) is 7.61. The van der Waals surface area contributed by atoms with Gasteiger partial charge in [0.25, 0.3) is 0 Å². The number of hydrogen-bond donors (Lipinski definition) is 0. The van der Waals surface area contributed by atoms with Crippen LogP contribution < -0.4 is 0 Å². The van der Waals surface area contributed by atoms with Gasteiger partial charge in [0, 0.05) is 6.54 Å². The van der Waals surface area contributed by atoms with Gasteiger partial charge in [-0.05, 0) is 23.6 Å². The van der Waals surface area contributed by atoms with Crippen LogP contribution in [0.1, 0.15) is 30.0 Å². The van der Waals surface area contributed by atoms with Gasteiger partial charge in [0.05, 0.1) is 16.5 Å². The highest BCUT2D eigenvalue weighted by Crippen LogP contribution is 2.52. The molecule has 1 heterocycles. The van der Waals surface area contributed by atoms with Gasteiger partial charge in [-0.2, -0.15) is 0 Å². The zero-order chi connectivity index (χ0) is 18.7. The quantitative estimate of drug-likeness (QED) is 0.432. The Morgan fingerprint density at radius 1 is 0.815 bits per heavy atom. The maximum absolute atomic E-state index is 12.1. The molecule has 136 valence electrons. The maximum Gasteiger partial charge on any atom is 0.226 e. The third-order valence-electron chi connectivity index (χ3n) is 5.21. The number of amides is 1. The van der Waals surface area contributed by atoms with Gasteiger partial charge in [-0.1, -0.05) is 91.0 Å². The molecule has 1 atom stereocenters. The summed E-state index contributed by atoms with van der Waals surface area (Å²) in [5.41, 5.74) is 3.72. The Kier molecular flexibility index (Phi) is 5.04. The molecule has 0 saturated carbocycles. The van der Waals surface area contributed by atoms with Crippen LogP contribution in [0.5, 0.6) is 0 Å². The Balaban J connectivity index is 1.91. The van der Waals surface area contributed by atoms with Gasteiger partial charge in [0.15, 0.2) is 0 Å². The normalized spacial score (nSPS) is 16.9. The van der Waals surface area contributed by atoms with E-state index in [0.717, 1.165) is 6.54 Å². The topological polar surface area (TPSA) is 20.3 Å². The van der Waals surface area contributed by atoms with E-state index in [-0.39, 0.29) is 16.0 Å². The van der Waals surface area contributed by atoms with Crippen molar-refractivity contribution >= 4 is 17.7 Å². The number of β-lactam (4-membered cyclic amide) rings is 1. The zero-order valence-electron chi connectivity index (χ0n) is 15.4. The number of benzene rings is 3. The second-order valence-corrected chi connectivity index (χ2v) is 8.13. The average Bonchev–Trinajstić information content (AvgIpc) is 2.73. The van der Waals surface area contributed by atoms with E-state index in [0.29, 0.717) is 6.42 Å². The van der Waals surface area contributed by atoms with Gasteiger partial charge < -0.3 is 4.90 Å². The van der Waals surface area contributed by atoms with E-state index in [9.17, 15) is 4.79 Å². The minimum atomic E-state index is -0.359. The van der Waals surface area contributed by atoms with E-state index >= 15 is 0 Å². The third-order valence-corrected chi connectivity index (χ3v) is 6.97. The van der Waals surface area contributed by atoms with Crippen molar-refractivity contribution in [3.63, 3.8) is 0 Å². The second-order valence-electron chi connectivity index (χ2n) is 6.74. The van der Waals surface area contributed by atoms with Crippen molar-refractivity contribution in [1.82, 2.24) is 4.90 Å². The fourth-order valence-electron chi connectivity index (χ4n) is 3.84. The minimum Gasteiger partial charge on any atom is -0.330 e. The zero-order valence-corrected chi connectivity index (χ0v) is 16.2. The van der Waals surface area contributed by atoms with Gasteiger partial charge in [0.1, 0.15) is 0 Å². The van der Waals surface area contributed by atoms with E-state index in [2.05, 4.69) is 97.9 Å². The molecule has 0 bridgehead atoms.